The Morgan fingerprint density at radius 3 is 2.32 bits per heavy atom. The second-order valence-electron chi connectivity index (χ2n) is 6.86. The second kappa shape index (κ2) is 9.44. The molecule has 0 aliphatic carbocycles. The third kappa shape index (κ3) is 6.40. The first kappa shape index (κ1) is 21.0. The van der Waals surface area contributed by atoms with Crippen molar-refractivity contribution in [3.8, 4) is 5.75 Å². The highest BCUT2D eigenvalue weighted by Gasteiger charge is 2.19. The minimum absolute atomic E-state index is 0. The molecule has 1 atom stereocenters. The summed E-state index contributed by atoms with van der Waals surface area (Å²) in [7, 11) is 0. The largest absolute Gasteiger partial charge is 0.483 e. The van der Waals surface area contributed by atoms with Crippen molar-refractivity contribution < 1.29 is 9.53 Å². The van der Waals surface area contributed by atoms with Gasteiger partial charge in [-0.3, -0.25) is 4.79 Å². The van der Waals surface area contributed by atoms with Gasteiger partial charge in [0.05, 0.1) is 0 Å². The van der Waals surface area contributed by atoms with E-state index in [1.807, 2.05) is 54.6 Å². The van der Waals surface area contributed by atoms with Crippen LogP contribution in [-0.2, 0) is 10.2 Å². The van der Waals surface area contributed by atoms with Crippen LogP contribution < -0.4 is 15.8 Å². The molecule has 0 aromatic heterocycles. The Hall–Kier alpha value is -2.04. The smallest absolute Gasteiger partial charge is 0.258 e. The lowest BCUT2D eigenvalue weighted by Gasteiger charge is -2.22. The van der Waals surface area contributed by atoms with Crippen LogP contribution in [0.4, 0.5) is 0 Å². The summed E-state index contributed by atoms with van der Waals surface area (Å²) >= 11 is 0. The van der Waals surface area contributed by atoms with Gasteiger partial charge in [0.2, 0.25) is 0 Å². The molecule has 1 amide bonds. The quantitative estimate of drug-likeness (QED) is 0.825. The molecule has 0 aliphatic heterocycles. The van der Waals surface area contributed by atoms with Crippen molar-refractivity contribution in [3.63, 3.8) is 0 Å². The summed E-state index contributed by atoms with van der Waals surface area (Å²) in [5.41, 5.74) is 8.12. The number of para-hydroxylation sites is 1. The van der Waals surface area contributed by atoms with E-state index in [0.717, 1.165) is 16.9 Å². The number of nitrogens with one attached hydrogen (secondary N) is 1. The predicted molar refractivity (Wildman–Crippen MR) is 104 cm³/mol. The maximum atomic E-state index is 12.0. The lowest BCUT2D eigenvalue weighted by molar-refractivity contribution is -0.123. The van der Waals surface area contributed by atoms with Crippen LogP contribution in [0.15, 0.2) is 54.6 Å². The van der Waals surface area contributed by atoms with Crippen LogP contribution in [0.1, 0.15) is 37.9 Å². The number of hydrogen-bond acceptors (Lipinski definition) is 3. The average molecular weight is 363 g/mol. The number of halogens is 1. The van der Waals surface area contributed by atoms with E-state index in [9.17, 15) is 4.79 Å². The summed E-state index contributed by atoms with van der Waals surface area (Å²) < 4.78 is 5.71. The number of nitrogens with two attached hydrogens (primary N) is 1. The van der Waals surface area contributed by atoms with Gasteiger partial charge >= 0.3 is 0 Å². The van der Waals surface area contributed by atoms with Gasteiger partial charge < -0.3 is 15.8 Å². The van der Waals surface area contributed by atoms with E-state index < -0.39 is 0 Å². The fraction of sp³-hybridized carbons (Fsp3) is 0.350. The number of benzene rings is 2. The average Bonchev–Trinajstić information content (AvgIpc) is 2.58. The SMILES string of the molecule is CC(C)(C)c1ccccc1OCC(=O)NCC(N)c1ccccc1.Cl. The molecule has 0 heterocycles. The topological polar surface area (TPSA) is 64.3 Å². The maximum absolute atomic E-state index is 12.0. The van der Waals surface area contributed by atoms with Crippen molar-refractivity contribution in [1.29, 1.82) is 0 Å². The molecule has 0 fully saturated rings. The van der Waals surface area contributed by atoms with Gasteiger partial charge in [0, 0.05) is 12.6 Å². The standard InChI is InChI=1S/C20H26N2O2.ClH/c1-20(2,3)16-11-7-8-12-18(16)24-14-19(23)22-13-17(21)15-9-5-4-6-10-15;/h4-12,17H,13-14,21H2,1-3H3,(H,22,23);1H. The van der Waals surface area contributed by atoms with Crippen molar-refractivity contribution in [2.24, 2.45) is 5.73 Å². The van der Waals surface area contributed by atoms with Crippen molar-refractivity contribution in [2.75, 3.05) is 13.2 Å². The number of carbonyl (C=O) groups is 1. The summed E-state index contributed by atoms with van der Waals surface area (Å²) in [5.74, 6) is 0.567. The second-order valence-corrected chi connectivity index (χ2v) is 6.86. The number of carbonyl (C=O) groups excluding carboxylic acids is 1. The zero-order valence-electron chi connectivity index (χ0n) is 15.0. The summed E-state index contributed by atoms with van der Waals surface area (Å²) in [6, 6.07) is 17.3. The van der Waals surface area contributed by atoms with Crippen LogP contribution in [0.2, 0.25) is 0 Å². The van der Waals surface area contributed by atoms with Crippen LogP contribution in [0.3, 0.4) is 0 Å². The highest BCUT2D eigenvalue weighted by atomic mass is 35.5. The van der Waals surface area contributed by atoms with Crippen LogP contribution in [0, 0.1) is 0 Å². The third-order valence-electron chi connectivity index (χ3n) is 3.80. The molecule has 0 saturated carbocycles. The zero-order chi connectivity index (χ0) is 17.6. The summed E-state index contributed by atoms with van der Waals surface area (Å²) in [6.07, 6.45) is 0. The molecule has 0 spiro atoms. The van der Waals surface area contributed by atoms with Crippen LogP contribution in [0.5, 0.6) is 5.75 Å². The Morgan fingerprint density at radius 2 is 1.68 bits per heavy atom. The van der Waals surface area contributed by atoms with E-state index in [0.29, 0.717) is 6.54 Å². The fourth-order valence-electron chi connectivity index (χ4n) is 2.45. The monoisotopic (exact) mass is 362 g/mol. The van der Waals surface area contributed by atoms with Crippen LogP contribution in [-0.4, -0.2) is 19.1 Å². The molecular formula is C20H27ClN2O2. The maximum Gasteiger partial charge on any atom is 0.258 e. The van der Waals surface area contributed by atoms with E-state index in [2.05, 4.69) is 26.1 Å². The van der Waals surface area contributed by atoms with E-state index >= 15 is 0 Å². The minimum Gasteiger partial charge on any atom is -0.483 e. The van der Waals surface area contributed by atoms with Crippen molar-refractivity contribution >= 4 is 18.3 Å². The molecule has 5 heteroatoms. The molecular weight excluding hydrogens is 336 g/mol. The molecule has 0 radical (unpaired) electrons. The van der Waals surface area contributed by atoms with Crippen LogP contribution in [0.25, 0.3) is 0 Å². The minimum atomic E-state index is -0.225. The first-order valence-electron chi connectivity index (χ1n) is 8.17. The van der Waals surface area contributed by atoms with E-state index in [-0.39, 0.29) is 36.4 Å². The van der Waals surface area contributed by atoms with E-state index in [4.69, 9.17) is 10.5 Å². The number of amides is 1. The Kier molecular flexibility index (Phi) is 7.94. The lowest BCUT2D eigenvalue weighted by atomic mass is 9.86. The summed E-state index contributed by atoms with van der Waals surface area (Å²) in [4.78, 5) is 12.0. The Morgan fingerprint density at radius 1 is 1.08 bits per heavy atom. The van der Waals surface area contributed by atoms with Gasteiger partial charge in [-0.2, -0.15) is 0 Å². The van der Waals surface area contributed by atoms with Crippen molar-refractivity contribution in [1.82, 2.24) is 5.32 Å². The third-order valence-corrected chi connectivity index (χ3v) is 3.80. The number of ether oxygens (including phenoxy) is 1. The molecule has 0 aliphatic rings. The molecule has 0 bridgehead atoms. The van der Waals surface area contributed by atoms with Crippen molar-refractivity contribution in [3.05, 3.63) is 65.7 Å². The molecule has 0 saturated heterocycles. The zero-order valence-corrected chi connectivity index (χ0v) is 15.8. The van der Waals surface area contributed by atoms with Crippen molar-refractivity contribution in [2.45, 2.75) is 32.2 Å². The molecule has 25 heavy (non-hydrogen) atoms. The highest BCUT2D eigenvalue weighted by Crippen LogP contribution is 2.30. The summed E-state index contributed by atoms with van der Waals surface area (Å²) in [5, 5.41) is 2.82. The molecule has 1 unspecified atom stereocenters. The van der Waals surface area contributed by atoms with Gasteiger partial charge in [-0.25, -0.2) is 0 Å². The van der Waals surface area contributed by atoms with Gasteiger partial charge in [0.15, 0.2) is 6.61 Å². The highest BCUT2D eigenvalue weighted by molar-refractivity contribution is 5.85. The van der Waals surface area contributed by atoms with Gasteiger partial charge in [-0.1, -0.05) is 69.3 Å². The molecule has 3 N–H and O–H groups in total. The lowest BCUT2D eigenvalue weighted by Crippen LogP contribution is -2.35. The Balaban J connectivity index is 0.00000312. The predicted octanol–water partition coefficient (Wildman–Crippen LogP) is 3.60. The van der Waals surface area contributed by atoms with Crippen LogP contribution >= 0.6 is 12.4 Å². The molecule has 2 aromatic carbocycles. The van der Waals surface area contributed by atoms with Gasteiger partial charge in [-0.15, -0.1) is 12.4 Å². The molecule has 2 aromatic rings. The number of hydrogen-bond donors (Lipinski definition) is 2. The molecule has 136 valence electrons. The fourth-order valence-corrected chi connectivity index (χ4v) is 2.45. The van der Waals surface area contributed by atoms with Gasteiger partial charge in [0.1, 0.15) is 5.75 Å². The van der Waals surface area contributed by atoms with E-state index in [1.165, 1.54) is 0 Å². The normalized spacial score (nSPS) is 12.0. The molecule has 4 nitrogen and oxygen atoms in total. The Labute approximate surface area is 156 Å². The van der Waals surface area contributed by atoms with Gasteiger partial charge in [0.25, 0.3) is 5.91 Å². The molecule has 2 rings (SSSR count). The van der Waals surface area contributed by atoms with E-state index in [1.54, 1.807) is 0 Å². The Bertz CT molecular complexity index is 669. The first-order valence-corrected chi connectivity index (χ1v) is 8.17. The first-order chi connectivity index (χ1) is 11.4. The number of rotatable bonds is 6. The summed E-state index contributed by atoms with van der Waals surface area (Å²) in [6.45, 7) is 6.72. The van der Waals surface area contributed by atoms with Gasteiger partial charge in [-0.05, 0) is 22.6 Å².